The van der Waals surface area contributed by atoms with Gasteiger partial charge in [0.2, 0.25) is 5.91 Å². The second-order valence-corrected chi connectivity index (χ2v) is 12.2. The van der Waals surface area contributed by atoms with Crippen LogP contribution in [0.3, 0.4) is 0 Å². The van der Waals surface area contributed by atoms with E-state index >= 15 is 4.39 Å². The van der Waals surface area contributed by atoms with E-state index in [1.165, 1.54) is 12.1 Å². The molecule has 9 nitrogen and oxygen atoms in total. The van der Waals surface area contributed by atoms with Gasteiger partial charge in [0.1, 0.15) is 28.8 Å². The highest BCUT2D eigenvalue weighted by molar-refractivity contribution is 6.35. The lowest BCUT2D eigenvalue weighted by Gasteiger charge is -2.40. The number of hydrogen-bond donors (Lipinski definition) is 0. The highest BCUT2D eigenvalue weighted by Crippen LogP contribution is 2.47. The van der Waals surface area contributed by atoms with Crippen molar-refractivity contribution in [2.24, 2.45) is 5.92 Å². The Labute approximate surface area is 243 Å². The van der Waals surface area contributed by atoms with Crippen molar-refractivity contribution in [3.8, 4) is 23.1 Å². The molecule has 3 fully saturated rings. The number of benzene rings is 1. The van der Waals surface area contributed by atoms with Crippen LogP contribution >= 0.6 is 11.6 Å². The molecule has 4 aliphatic rings. The van der Waals surface area contributed by atoms with E-state index in [1.54, 1.807) is 28.0 Å². The third-order valence-electron chi connectivity index (χ3n) is 8.79. The molecule has 0 radical (unpaired) electrons. The number of carbonyl (C=O) groups excluding carboxylic acids is 2. The molecule has 0 aliphatic carbocycles. The molecule has 214 valence electrons. The van der Waals surface area contributed by atoms with Gasteiger partial charge in [-0.1, -0.05) is 30.3 Å². The third-order valence-corrected chi connectivity index (χ3v) is 9.14. The first-order valence-corrected chi connectivity index (χ1v) is 14.3. The number of nitrogens with zero attached hydrogens (tertiary/aromatic N) is 6. The lowest BCUT2D eigenvalue weighted by molar-refractivity contribution is -0.128. The number of nitriles is 1. The SMILES string of the molecule is C=CC(=O)N1CCN2C(=O)c3c(N4C[C@H](N5CC(C#N)C5)CC4(C)C)nc(-c4ccccc4F)c(Cl)c3OCC2C1. The Kier molecular flexibility index (Phi) is 6.91. The van der Waals surface area contributed by atoms with E-state index in [4.69, 9.17) is 21.3 Å². The number of fused-ring (bicyclic) bond motifs is 2. The number of aromatic nitrogens is 1. The second kappa shape index (κ2) is 10.3. The highest BCUT2D eigenvalue weighted by atomic mass is 35.5. The lowest BCUT2D eigenvalue weighted by atomic mass is 9.94. The summed E-state index contributed by atoms with van der Waals surface area (Å²) in [5, 5.41) is 9.37. The number of halogens is 2. The zero-order valence-corrected chi connectivity index (χ0v) is 23.9. The van der Waals surface area contributed by atoms with E-state index in [1.807, 2.05) is 0 Å². The Balaban J connectivity index is 1.46. The zero-order valence-electron chi connectivity index (χ0n) is 23.1. The Hall–Kier alpha value is -3.68. The summed E-state index contributed by atoms with van der Waals surface area (Å²) in [5.41, 5.74) is 0.288. The van der Waals surface area contributed by atoms with Crippen molar-refractivity contribution in [1.29, 1.82) is 5.26 Å². The molecule has 0 saturated carbocycles. The van der Waals surface area contributed by atoms with E-state index in [9.17, 15) is 14.9 Å². The summed E-state index contributed by atoms with van der Waals surface area (Å²) in [7, 11) is 0. The van der Waals surface area contributed by atoms with Crippen LogP contribution in [0.4, 0.5) is 10.2 Å². The van der Waals surface area contributed by atoms with Crippen LogP contribution in [0, 0.1) is 23.1 Å². The molecular weight excluding hydrogens is 547 g/mol. The molecule has 0 bridgehead atoms. The van der Waals surface area contributed by atoms with Crippen LogP contribution in [0.25, 0.3) is 11.3 Å². The fourth-order valence-corrected chi connectivity index (χ4v) is 6.82. The van der Waals surface area contributed by atoms with Gasteiger partial charge in [-0.05, 0) is 38.5 Å². The van der Waals surface area contributed by atoms with Gasteiger partial charge in [0.05, 0.1) is 23.7 Å². The average Bonchev–Trinajstić information content (AvgIpc) is 3.16. The maximum atomic E-state index is 15.1. The zero-order chi connectivity index (χ0) is 29.1. The fraction of sp³-hybridized carbons (Fsp3) is 0.467. The molecule has 41 heavy (non-hydrogen) atoms. The van der Waals surface area contributed by atoms with E-state index in [0.29, 0.717) is 32.0 Å². The Bertz CT molecular complexity index is 1470. The smallest absolute Gasteiger partial charge is 0.261 e. The van der Waals surface area contributed by atoms with E-state index in [-0.39, 0.29) is 58.0 Å². The maximum absolute atomic E-state index is 15.1. The minimum atomic E-state index is -0.481. The van der Waals surface area contributed by atoms with Crippen LogP contribution in [-0.4, -0.2) is 95.0 Å². The first-order chi connectivity index (χ1) is 19.6. The third kappa shape index (κ3) is 4.61. The molecule has 11 heteroatoms. The molecule has 1 aromatic carbocycles. The fourth-order valence-electron chi connectivity index (χ4n) is 6.52. The summed E-state index contributed by atoms with van der Waals surface area (Å²) in [6.07, 6.45) is 2.07. The number of piperazine rings is 1. The van der Waals surface area contributed by atoms with Crippen LogP contribution in [-0.2, 0) is 4.79 Å². The van der Waals surface area contributed by atoms with Crippen molar-refractivity contribution in [2.75, 3.05) is 50.8 Å². The number of ether oxygens (including phenoxy) is 1. The minimum Gasteiger partial charge on any atom is -0.489 e. The van der Waals surface area contributed by atoms with Gasteiger partial charge < -0.3 is 19.4 Å². The largest absolute Gasteiger partial charge is 0.489 e. The molecule has 1 aromatic heterocycles. The van der Waals surface area contributed by atoms with Crippen molar-refractivity contribution in [3.05, 3.63) is 53.3 Å². The highest BCUT2D eigenvalue weighted by Gasteiger charge is 2.48. The summed E-state index contributed by atoms with van der Waals surface area (Å²) < 4.78 is 21.4. The van der Waals surface area contributed by atoms with E-state index in [2.05, 4.69) is 36.3 Å². The van der Waals surface area contributed by atoms with Gasteiger partial charge in [0, 0.05) is 56.4 Å². The van der Waals surface area contributed by atoms with Gasteiger partial charge in [0.15, 0.2) is 5.75 Å². The maximum Gasteiger partial charge on any atom is 0.261 e. The van der Waals surface area contributed by atoms with Crippen LogP contribution in [0.5, 0.6) is 5.75 Å². The van der Waals surface area contributed by atoms with E-state index in [0.717, 1.165) is 19.5 Å². The minimum absolute atomic E-state index is 0.0308. The van der Waals surface area contributed by atoms with Crippen LogP contribution in [0.15, 0.2) is 36.9 Å². The molecule has 4 aliphatic heterocycles. The van der Waals surface area contributed by atoms with Crippen molar-refractivity contribution >= 4 is 29.2 Å². The van der Waals surface area contributed by atoms with Crippen LogP contribution in [0.1, 0.15) is 30.6 Å². The standard InChI is InChI=1S/C30H32ClFN6O3/c1-4-23(39)35-9-10-37-20(15-35)17-41-27-24(29(37)40)28(34-26(25(27)31)21-7-5-6-8-22(21)32)38-16-19(11-30(38,2)3)36-13-18(12-33)14-36/h4-8,18-20H,1,9-11,13-17H2,2-3H3/t19-,20?/m1/s1. The Morgan fingerprint density at radius 1 is 1.22 bits per heavy atom. The van der Waals surface area contributed by atoms with Crippen molar-refractivity contribution in [2.45, 2.75) is 37.9 Å². The van der Waals surface area contributed by atoms with Gasteiger partial charge in [-0.3, -0.25) is 14.5 Å². The number of hydrogen-bond acceptors (Lipinski definition) is 7. The predicted molar refractivity (Wildman–Crippen MR) is 152 cm³/mol. The predicted octanol–water partition coefficient (Wildman–Crippen LogP) is 3.59. The quantitative estimate of drug-likeness (QED) is 0.512. The number of pyridine rings is 1. The molecule has 2 amide bonds. The topological polar surface area (TPSA) is 93.0 Å². The molecule has 0 N–H and O–H groups in total. The van der Waals surface area contributed by atoms with Crippen LogP contribution < -0.4 is 9.64 Å². The number of likely N-dealkylation sites (tertiary alicyclic amines) is 1. The van der Waals surface area contributed by atoms with Crippen molar-refractivity contribution < 1.29 is 18.7 Å². The molecule has 3 saturated heterocycles. The number of carbonyl (C=O) groups is 2. The normalized spacial score (nSPS) is 24.1. The summed E-state index contributed by atoms with van der Waals surface area (Å²) in [4.78, 5) is 39.4. The first-order valence-electron chi connectivity index (χ1n) is 13.9. The summed E-state index contributed by atoms with van der Waals surface area (Å²) in [5.74, 6) is -0.332. The van der Waals surface area contributed by atoms with Crippen molar-refractivity contribution in [1.82, 2.24) is 19.7 Å². The Morgan fingerprint density at radius 3 is 2.68 bits per heavy atom. The summed E-state index contributed by atoms with van der Waals surface area (Å²) >= 11 is 6.90. The number of anilines is 1. The molecule has 2 aromatic rings. The number of rotatable bonds is 4. The van der Waals surface area contributed by atoms with Crippen LogP contribution in [0.2, 0.25) is 5.02 Å². The average molecular weight is 579 g/mol. The Morgan fingerprint density at radius 2 is 1.98 bits per heavy atom. The van der Waals surface area contributed by atoms with Gasteiger partial charge in [-0.2, -0.15) is 5.26 Å². The van der Waals surface area contributed by atoms with E-state index < -0.39 is 17.4 Å². The van der Waals surface area contributed by atoms with Gasteiger partial charge in [-0.15, -0.1) is 0 Å². The number of amides is 2. The van der Waals surface area contributed by atoms with Gasteiger partial charge in [-0.25, -0.2) is 9.37 Å². The molecule has 1 unspecified atom stereocenters. The molecule has 2 atom stereocenters. The summed E-state index contributed by atoms with van der Waals surface area (Å²) in [6.45, 7) is 10.9. The first kappa shape index (κ1) is 27.5. The van der Waals surface area contributed by atoms with Gasteiger partial charge in [0.25, 0.3) is 5.91 Å². The monoisotopic (exact) mass is 578 g/mol. The second-order valence-electron chi connectivity index (χ2n) is 11.8. The summed E-state index contributed by atoms with van der Waals surface area (Å²) in [6, 6.07) is 8.38. The molecule has 5 heterocycles. The molecule has 0 spiro atoms. The van der Waals surface area contributed by atoms with Gasteiger partial charge >= 0.3 is 0 Å². The lowest BCUT2D eigenvalue weighted by Crippen LogP contribution is -2.57. The van der Waals surface area contributed by atoms with Crippen molar-refractivity contribution in [3.63, 3.8) is 0 Å². The molecular formula is C30H32ClFN6O3. The molecule has 6 rings (SSSR count).